The summed E-state index contributed by atoms with van der Waals surface area (Å²) in [6, 6.07) is 8.86. The highest BCUT2D eigenvalue weighted by molar-refractivity contribution is 5.38. The highest BCUT2D eigenvalue weighted by Gasteiger charge is 2.31. The smallest absolute Gasteiger partial charge is 0.0156 e. The van der Waals surface area contributed by atoms with E-state index in [1.807, 2.05) is 0 Å². The van der Waals surface area contributed by atoms with Crippen LogP contribution in [0.25, 0.3) is 0 Å². The molecular weight excluding hydrogens is 144 g/mol. The molecule has 2 rings (SSSR count). The van der Waals surface area contributed by atoms with Crippen LogP contribution in [0.1, 0.15) is 43.7 Å². The first-order valence-corrected chi connectivity index (χ1v) is 4.80. The second-order valence-electron chi connectivity index (χ2n) is 4.07. The van der Waals surface area contributed by atoms with Gasteiger partial charge in [-0.1, -0.05) is 45.0 Å². The van der Waals surface area contributed by atoms with Crippen molar-refractivity contribution < 1.29 is 0 Å². The highest BCUT2D eigenvalue weighted by atomic mass is 14.4. The van der Waals surface area contributed by atoms with Crippen LogP contribution in [0.2, 0.25) is 0 Å². The molecule has 1 aromatic carbocycles. The van der Waals surface area contributed by atoms with Crippen molar-refractivity contribution in [2.24, 2.45) is 5.92 Å². The van der Waals surface area contributed by atoms with Crippen molar-refractivity contribution in [1.82, 2.24) is 0 Å². The van der Waals surface area contributed by atoms with Crippen molar-refractivity contribution in [3.63, 3.8) is 0 Å². The van der Waals surface area contributed by atoms with Crippen LogP contribution < -0.4 is 0 Å². The van der Waals surface area contributed by atoms with E-state index in [1.165, 1.54) is 0 Å². The number of hydrogen-bond acceptors (Lipinski definition) is 0. The van der Waals surface area contributed by atoms with Gasteiger partial charge in [-0.25, -0.2) is 0 Å². The van der Waals surface area contributed by atoms with Gasteiger partial charge in [-0.05, 0) is 28.9 Å². The minimum absolute atomic E-state index is 0.746. The molecule has 0 nitrogen and oxygen atoms in total. The maximum Gasteiger partial charge on any atom is -0.0156 e. The first-order chi connectivity index (χ1) is 5.72. The third kappa shape index (κ3) is 0.906. The lowest BCUT2D eigenvalue weighted by atomic mass is 9.91. The van der Waals surface area contributed by atoms with E-state index in [2.05, 4.69) is 45.0 Å². The van der Waals surface area contributed by atoms with Gasteiger partial charge in [-0.15, -0.1) is 0 Å². The van der Waals surface area contributed by atoms with Crippen LogP contribution in [0.15, 0.2) is 24.3 Å². The Hall–Kier alpha value is -0.780. The lowest BCUT2D eigenvalue weighted by Crippen LogP contribution is -2.01. The van der Waals surface area contributed by atoms with Gasteiger partial charge < -0.3 is 0 Å². The van der Waals surface area contributed by atoms with Crippen LogP contribution in [0, 0.1) is 5.92 Å². The zero-order chi connectivity index (χ0) is 8.72. The zero-order valence-electron chi connectivity index (χ0n) is 8.04. The Balaban J connectivity index is 2.52. The zero-order valence-corrected chi connectivity index (χ0v) is 8.04. The van der Waals surface area contributed by atoms with E-state index in [-0.39, 0.29) is 0 Å². The van der Waals surface area contributed by atoms with Crippen molar-refractivity contribution in [2.45, 2.75) is 32.6 Å². The van der Waals surface area contributed by atoms with Gasteiger partial charge in [-0.3, -0.25) is 0 Å². The standard InChI is InChI=1S/C12H16/c1-8-9(2)11-6-4-5-7-12(11)10(8)3/h4-10H,1-3H3. The van der Waals surface area contributed by atoms with Gasteiger partial charge in [-0.2, -0.15) is 0 Å². The molecule has 2 atom stereocenters. The molecule has 1 aliphatic carbocycles. The lowest BCUT2D eigenvalue weighted by Gasteiger charge is -2.13. The van der Waals surface area contributed by atoms with Crippen molar-refractivity contribution in [2.75, 3.05) is 0 Å². The van der Waals surface area contributed by atoms with Crippen LogP contribution in [0.5, 0.6) is 0 Å². The molecule has 0 saturated heterocycles. The number of benzene rings is 1. The Kier molecular flexibility index (Phi) is 1.71. The second-order valence-corrected chi connectivity index (χ2v) is 4.07. The van der Waals surface area contributed by atoms with Crippen molar-refractivity contribution in [3.05, 3.63) is 35.4 Å². The van der Waals surface area contributed by atoms with Gasteiger partial charge in [0.2, 0.25) is 0 Å². The molecule has 1 aliphatic rings. The predicted octanol–water partition coefficient (Wildman–Crippen LogP) is 3.54. The lowest BCUT2D eigenvalue weighted by molar-refractivity contribution is 0.464. The molecule has 0 aromatic heterocycles. The van der Waals surface area contributed by atoms with Crippen molar-refractivity contribution >= 4 is 0 Å². The van der Waals surface area contributed by atoms with Gasteiger partial charge in [0.1, 0.15) is 0 Å². The molecule has 0 saturated carbocycles. The summed E-state index contributed by atoms with van der Waals surface area (Å²) < 4.78 is 0. The molecule has 0 aliphatic heterocycles. The van der Waals surface area contributed by atoms with Crippen molar-refractivity contribution in [3.8, 4) is 0 Å². The molecule has 0 N–H and O–H groups in total. The fraction of sp³-hybridized carbons (Fsp3) is 0.500. The molecule has 0 fully saturated rings. The summed E-state index contributed by atoms with van der Waals surface area (Å²) in [7, 11) is 0. The van der Waals surface area contributed by atoms with Gasteiger partial charge in [0.15, 0.2) is 0 Å². The van der Waals surface area contributed by atoms with E-state index >= 15 is 0 Å². The molecule has 2 unspecified atom stereocenters. The maximum absolute atomic E-state index is 2.36. The molecule has 1 aromatic rings. The molecular formula is C12H16. The second kappa shape index (κ2) is 2.62. The van der Waals surface area contributed by atoms with E-state index in [0.29, 0.717) is 0 Å². The summed E-state index contributed by atoms with van der Waals surface area (Å²) in [4.78, 5) is 0. The monoisotopic (exact) mass is 160 g/mol. The molecule has 12 heavy (non-hydrogen) atoms. The van der Waals surface area contributed by atoms with Gasteiger partial charge in [0.25, 0.3) is 0 Å². The van der Waals surface area contributed by atoms with E-state index in [1.54, 1.807) is 11.1 Å². The summed E-state index contributed by atoms with van der Waals surface area (Å²) in [5.74, 6) is 2.30. The van der Waals surface area contributed by atoms with E-state index in [4.69, 9.17) is 0 Å². The van der Waals surface area contributed by atoms with E-state index in [0.717, 1.165) is 17.8 Å². The largest absolute Gasteiger partial charge is 0.0620 e. The van der Waals surface area contributed by atoms with Crippen LogP contribution >= 0.6 is 0 Å². The first-order valence-electron chi connectivity index (χ1n) is 4.80. The molecule has 0 heteroatoms. The third-order valence-electron chi connectivity index (χ3n) is 3.55. The first kappa shape index (κ1) is 7.85. The minimum Gasteiger partial charge on any atom is -0.0620 e. The average molecular weight is 160 g/mol. The maximum atomic E-state index is 2.36. The van der Waals surface area contributed by atoms with E-state index < -0.39 is 0 Å². The Morgan fingerprint density at radius 1 is 0.833 bits per heavy atom. The summed E-state index contributed by atoms with van der Waals surface area (Å²) in [6.07, 6.45) is 0. The Morgan fingerprint density at radius 2 is 1.25 bits per heavy atom. The fourth-order valence-corrected chi connectivity index (χ4v) is 2.34. The topological polar surface area (TPSA) is 0 Å². The predicted molar refractivity (Wildman–Crippen MR) is 52.4 cm³/mol. The summed E-state index contributed by atoms with van der Waals surface area (Å²) in [5.41, 5.74) is 3.13. The quantitative estimate of drug-likeness (QED) is 0.544. The van der Waals surface area contributed by atoms with Crippen LogP contribution in [0.4, 0.5) is 0 Å². The molecule has 0 heterocycles. The molecule has 64 valence electrons. The fourth-order valence-electron chi connectivity index (χ4n) is 2.34. The summed E-state index contributed by atoms with van der Waals surface area (Å²) in [5, 5.41) is 0. The molecule has 0 amide bonds. The molecule has 0 bridgehead atoms. The number of hydrogen-bond donors (Lipinski definition) is 0. The normalized spacial score (nSPS) is 33.4. The minimum atomic E-state index is 0.746. The SMILES string of the molecule is CC1c2ccccc2C(C)C1C. The van der Waals surface area contributed by atoms with Gasteiger partial charge >= 0.3 is 0 Å². The Labute approximate surface area is 74.6 Å². The van der Waals surface area contributed by atoms with Gasteiger partial charge in [0.05, 0.1) is 0 Å². The average Bonchev–Trinajstić information content (AvgIpc) is 2.33. The van der Waals surface area contributed by atoms with Crippen LogP contribution in [-0.4, -0.2) is 0 Å². The third-order valence-corrected chi connectivity index (χ3v) is 3.55. The molecule has 0 radical (unpaired) electrons. The Morgan fingerprint density at radius 3 is 1.67 bits per heavy atom. The Bertz CT molecular complexity index is 259. The molecule has 0 spiro atoms. The van der Waals surface area contributed by atoms with Gasteiger partial charge in [0, 0.05) is 0 Å². The summed E-state index contributed by atoms with van der Waals surface area (Å²) >= 11 is 0. The number of fused-ring (bicyclic) bond motifs is 1. The van der Waals surface area contributed by atoms with Crippen LogP contribution in [0.3, 0.4) is 0 Å². The van der Waals surface area contributed by atoms with Crippen molar-refractivity contribution in [1.29, 1.82) is 0 Å². The number of rotatable bonds is 0. The van der Waals surface area contributed by atoms with Crippen LogP contribution in [-0.2, 0) is 0 Å². The highest BCUT2D eigenvalue weighted by Crippen LogP contribution is 2.45. The van der Waals surface area contributed by atoms with E-state index in [9.17, 15) is 0 Å². The summed E-state index contributed by atoms with van der Waals surface area (Å²) in [6.45, 7) is 7.04.